The molecule has 0 heterocycles. The summed E-state index contributed by atoms with van der Waals surface area (Å²) in [5.74, 6) is -1.96. The molecular weight excluding hydrogens is 1190 g/mol. The van der Waals surface area contributed by atoms with Crippen LogP contribution in [0.15, 0.2) is 132 Å². The molecule has 0 unspecified atom stereocenters. The number of non-ortho nitro benzene ring substituents is 2. The van der Waals surface area contributed by atoms with Gasteiger partial charge in [-0.25, -0.2) is 0 Å². The third kappa shape index (κ3) is 20.1. The Morgan fingerprint density at radius 3 is 1.06 bits per heavy atom. The van der Waals surface area contributed by atoms with Gasteiger partial charge in [-0.15, -0.1) is 0 Å². The van der Waals surface area contributed by atoms with Crippen LogP contribution in [0.3, 0.4) is 0 Å². The first kappa shape index (κ1) is 70.2. The van der Waals surface area contributed by atoms with Gasteiger partial charge in [0.15, 0.2) is 0 Å². The number of anilines is 2. The number of nitro groups is 2. The van der Waals surface area contributed by atoms with Gasteiger partial charge in [0, 0.05) is 125 Å². The van der Waals surface area contributed by atoms with Crippen molar-refractivity contribution in [1.29, 1.82) is 0 Å². The van der Waals surface area contributed by atoms with Gasteiger partial charge in [0.25, 0.3) is 31.6 Å². The number of rotatable bonds is 20. The number of hydrogen-bond donors (Lipinski definition) is 15. The Hall–Kier alpha value is -8.03. The number of nitrogens with one attached hydrogen (secondary N) is 5. The number of nitrogens with zero attached hydrogens (tertiary/aromatic N) is 4. The van der Waals surface area contributed by atoms with Crippen molar-refractivity contribution in [3.8, 4) is 11.5 Å². The number of nitro benzene ring substituents is 2. The number of hydrazone groups is 2. The Balaban J connectivity index is 0.00000124. The number of aromatic hydroxyl groups is 2. The summed E-state index contributed by atoms with van der Waals surface area (Å²) in [4.78, 5) is 44.4. The van der Waals surface area contributed by atoms with Gasteiger partial charge in [-0.05, 0) is 35.0 Å². The molecule has 0 amide bonds. The van der Waals surface area contributed by atoms with Crippen molar-refractivity contribution >= 4 is 97.3 Å². The van der Waals surface area contributed by atoms with Crippen LogP contribution in [0, 0.1) is 20.2 Å². The number of fused-ring (bicyclic) bond motifs is 4. The van der Waals surface area contributed by atoms with Crippen LogP contribution in [0.5, 0.6) is 11.5 Å². The van der Waals surface area contributed by atoms with E-state index in [2.05, 4.69) is 37.0 Å². The fraction of sp³-hybridized carbons (Fsp3) is 0.231. The molecular formula is C52H62CoN9O20S2+3. The van der Waals surface area contributed by atoms with E-state index < -0.39 is 62.8 Å². The van der Waals surface area contributed by atoms with Crippen molar-refractivity contribution in [3.05, 3.63) is 164 Å². The molecule has 2 aliphatic carbocycles. The van der Waals surface area contributed by atoms with E-state index in [1.165, 1.54) is 24.3 Å². The predicted molar refractivity (Wildman–Crippen MR) is 311 cm³/mol. The van der Waals surface area contributed by atoms with E-state index in [-0.39, 0.29) is 117 Å². The largest absolute Gasteiger partial charge is 1.00 e. The molecule has 29 nitrogen and oxygen atoms in total. The van der Waals surface area contributed by atoms with Gasteiger partial charge in [-0.2, -0.15) is 27.0 Å². The maximum absolute atomic E-state index is 12.6. The van der Waals surface area contributed by atoms with Crippen LogP contribution in [-0.4, -0.2) is 179 Å². The molecule has 0 atom stereocenters. The number of hydrogen-bond acceptors (Lipinski definition) is 25. The molecule has 453 valence electrons. The van der Waals surface area contributed by atoms with E-state index in [9.17, 15) is 66.0 Å². The SMILES string of the molecule is O=C1C=C(S(=O)(=O)O)c2cc([N+](=O)[O-])ccc2C1=NNc1c(O)ccc2ccccc12.O=C1C=C(S(=O)(=O)O)c2cc([N+](=O)[O-])ccc2C1=NNc1c(O)ccc2ccccc12.OCCNCCO.OCCNCCO.OCCNCCO.[Co].[H+].[H+].[H+]. The Kier molecular flexibility index (Phi) is 28.9. The van der Waals surface area contributed by atoms with E-state index in [0.29, 0.717) is 62.2 Å². The predicted octanol–water partition coefficient (Wildman–Crippen LogP) is 2.18. The van der Waals surface area contributed by atoms with Gasteiger partial charge in [-0.1, -0.05) is 60.7 Å². The van der Waals surface area contributed by atoms with E-state index in [0.717, 1.165) is 35.0 Å². The zero-order valence-electron chi connectivity index (χ0n) is 47.0. The first-order valence-corrected chi connectivity index (χ1v) is 27.4. The number of benzene rings is 6. The minimum absolute atomic E-state index is 0. The van der Waals surface area contributed by atoms with Crippen molar-refractivity contribution < 1.29 is 107 Å². The molecule has 15 N–H and O–H groups in total. The Morgan fingerprint density at radius 1 is 0.464 bits per heavy atom. The molecule has 8 rings (SSSR count). The van der Waals surface area contributed by atoms with Crippen LogP contribution < -0.4 is 26.8 Å². The maximum Gasteiger partial charge on any atom is 1.00 e. The van der Waals surface area contributed by atoms with Crippen molar-refractivity contribution in [2.45, 2.75) is 0 Å². The number of aliphatic hydroxyl groups excluding tert-OH is 6. The standard InChI is InChI=1S/2C20H13N3O7S.3C4H11NO2.Co/c2*24-16-8-5-11-3-1-2-4-13(11)19(16)21-22-20-14-7-6-12(23(26)27)9-15(14)18(10-17(20)25)31(28,29)30;3*6-3-1-5-2-4-7;/h2*1-10,21,24H,(H,28,29,30);3*5-7H,1-4H2;/p+3. The summed E-state index contributed by atoms with van der Waals surface area (Å²) < 4.78 is 65.9. The number of carbonyl (C=O) groups is 2. The summed E-state index contributed by atoms with van der Waals surface area (Å²) >= 11 is 0. The molecule has 6 aromatic rings. The summed E-state index contributed by atoms with van der Waals surface area (Å²) in [7, 11) is -9.68. The summed E-state index contributed by atoms with van der Waals surface area (Å²) in [6, 6.07) is 26.9. The summed E-state index contributed by atoms with van der Waals surface area (Å²) in [5.41, 5.74) is 3.81. The van der Waals surface area contributed by atoms with Crippen LogP contribution in [0.1, 0.15) is 26.5 Å². The Bertz CT molecular complexity index is 3410. The average Bonchev–Trinajstić information content (AvgIpc) is 1.50. The molecule has 6 aromatic carbocycles. The molecule has 0 saturated carbocycles. The molecule has 0 aliphatic heterocycles. The molecule has 0 spiro atoms. The van der Waals surface area contributed by atoms with Gasteiger partial charge in [0.2, 0.25) is 11.6 Å². The molecule has 1 radical (unpaired) electrons. The van der Waals surface area contributed by atoms with Gasteiger partial charge in [0.1, 0.15) is 44.1 Å². The van der Waals surface area contributed by atoms with Gasteiger partial charge >= 0.3 is 4.28 Å². The minimum Gasteiger partial charge on any atom is -0.506 e. The normalized spacial score (nSPS) is 13.4. The molecule has 0 bridgehead atoms. The Morgan fingerprint density at radius 2 is 0.774 bits per heavy atom. The second-order valence-corrected chi connectivity index (χ2v) is 19.5. The smallest absolute Gasteiger partial charge is 0.506 e. The molecule has 0 aromatic heterocycles. The number of phenolic OH excluding ortho intramolecular Hbond substituents is 2. The van der Waals surface area contributed by atoms with Gasteiger partial charge < -0.3 is 56.8 Å². The van der Waals surface area contributed by atoms with Gasteiger partial charge in [0.05, 0.1) is 49.5 Å². The maximum atomic E-state index is 12.6. The van der Waals surface area contributed by atoms with E-state index in [1.54, 1.807) is 36.4 Å². The topological polar surface area (TPSA) is 476 Å². The fourth-order valence-corrected chi connectivity index (χ4v) is 8.80. The summed E-state index contributed by atoms with van der Waals surface area (Å²) in [6.45, 7) is 4.25. The minimum atomic E-state index is -4.84. The third-order valence-electron chi connectivity index (χ3n) is 11.1. The number of phenols is 2. The first-order valence-electron chi connectivity index (χ1n) is 24.5. The quantitative estimate of drug-likeness (QED) is 0.0171. The number of carbonyl (C=O) groups excluding carboxylic acids is 2. The summed E-state index contributed by atoms with van der Waals surface area (Å²) in [6.07, 6.45) is 1.29. The molecule has 32 heteroatoms. The molecule has 84 heavy (non-hydrogen) atoms. The summed E-state index contributed by atoms with van der Waals surface area (Å²) in [5, 5.41) is 111. The van der Waals surface area contributed by atoms with Crippen LogP contribution in [0.2, 0.25) is 0 Å². The van der Waals surface area contributed by atoms with Crippen molar-refractivity contribution in [3.63, 3.8) is 0 Å². The molecule has 0 saturated heterocycles. The molecule has 0 fully saturated rings. The van der Waals surface area contributed by atoms with E-state index in [1.807, 2.05) is 24.3 Å². The number of aliphatic hydroxyl groups is 6. The van der Waals surface area contributed by atoms with Crippen LogP contribution in [0.4, 0.5) is 22.7 Å². The molecule has 2 aliphatic rings. The second-order valence-electron chi connectivity index (χ2n) is 16.8. The average molecular weight is 1260 g/mol. The Labute approximate surface area is 493 Å². The third-order valence-corrected chi connectivity index (χ3v) is 12.9. The van der Waals surface area contributed by atoms with Crippen LogP contribution in [0.25, 0.3) is 31.4 Å². The second kappa shape index (κ2) is 34.5. The van der Waals surface area contributed by atoms with E-state index in [4.69, 9.17) is 30.6 Å². The fourth-order valence-electron chi connectivity index (χ4n) is 7.39. The van der Waals surface area contributed by atoms with Crippen LogP contribution >= 0.6 is 0 Å². The van der Waals surface area contributed by atoms with Crippen molar-refractivity contribution in [2.24, 2.45) is 10.2 Å². The van der Waals surface area contributed by atoms with Crippen molar-refractivity contribution in [1.82, 2.24) is 16.0 Å². The van der Waals surface area contributed by atoms with Gasteiger partial charge in [-0.3, -0.25) is 49.8 Å². The number of allylic oxidation sites excluding steroid dienone is 2. The zero-order valence-corrected chi connectivity index (χ0v) is 46.7. The first-order chi connectivity index (χ1) is 39.6. The van der Waals surface area contributed by atoms with Crippen LogP contribution in [-0.2, 0) is 46.6 Å². The number of ketones is 2. The zero-order chi connectivity index (χ0) is 61.3. The van der Waals surface area contributed by atoms with Crippen molar-refractivity contribution in [2.75, 3.05) is 89.8 Å². The van der Waals surface area contributed by atoms with E-state index >= 15 is 0 Å². The monoisotopic (exact) mass is 1260 g/mol.